The van der Waals surface area contributed by atoms with Gasteiger partial charge in [-0.1, -0.05) is 31.5 Å². The summed E-state index contributed by atoms with van der Waals surface area (Å²) in [5.41, 5.74) is 0.447. The number of hydrogen-bond acceptors (Lipinski definition) is 3. The second-order valence-corrected chi connectivity index (χ2v) is 7.89. The monoisotopic (exact) mass is 282 g/mol. The summed E-state index contributed by atoms with van der Waals surface area (Å²) >= 11 is 1.94. The Bertz CT molecular complexity index is 365. The van der Waals surface area contributed by atoms with Crippen molar-refractivity contribution in [3.05, 3.63) is 0 Å². The molecule has 108 valence electrons. The van der Waals surface area contributed by atoms with Gasteiger partial charge in [0.2, 0.25) is 0 Å². The Morgan fingerprint density at radius 3 is 2.84 bits per heavy atom. The van der Waals surface area contributed by atoms with E-state index in [0.717, 1.165) is 32.0 Å². The molecule has 4 heteroatoms. The molecular formula is C15H26N2OS. The highest BCUT2D eigenvalue weighted by Gasteiger charge is 2.41. The van der Waals surface area contributed by atoms with Crippen molar-refractivity contribution in [2.75, 3.05) is 19.0 Å². The minimum Gasteiger partial charge on any atom is -0.381 e. The number of amidine groups is 1. The van der Waals surface area contributed by atoms with Gasteiger partial charge < -0.3 is 10.1 Å². The zero-order chi connectivity index (χ0) is 13.3. The summed E-state index contributed by atoms with van der Waals surface area (Å²) in [5.74, 6) is 2.07. The Balaban J connectivity index is 1.67. The number of nitrogens with zero attached hydrogens (tertiary/aromatic N) is 1. The Labute approximate surface area is 121 Å². The van der Waals surface area contributed by atoms with Crippen LogP contribution in [0.15, 0.2) is 4.99 Å². The molecule has 2 heterocycles. The van der Waals surface area contributed by atoms with E-state index in [-0.39, 0.29) is 5.54 Å². The molecule has 1 aliphatic carbocycles. The van der Waals surface area contributed by atoms with Gasteiger partial charge in [-0.15, -0.1) is 0 Å². The molecule has 0 aromatic heterocycles. The van der Waals surface area contributed by atoms with Crippen molar-refractivity contribution in [1.29, 1.82) is 0 Å². The summed E-state index contributed by atoms with van der Waals surface area (Å²) in [6, 6.07) is 0. The number of ether oxygens (including phenoxy) is 1. The van der Waals surface area contributed by atoms with E-state index in [1.807, 2.05) is 11.8 Å². The molecular weight excluding hydrogens is 256 g/mol. The zero-order valence-corrected chi connectivity index (χ0v) is 13.0. The van der Waals surface area contributed by atoms with Crippen LogP contribution in [0, 0.1) is 5.92 Å². The average molecular weight is 282 g/mol. The van der Waals surface area contributed by atoms with Crippen molar-refractivity contribution in [2.45, 2.75) is 63.5 Å². The van der Waals surface area contributed by atoms with E-state index in [2.05, 4.69) is 19.2 Å². The van der Waals surface area contributed by atoms with E-state index >= 15 is 0 Å². The van der Waals surface area contributed by atoms with Gasteiger partial charge in [-0.3, -0.25) is 4.99 Å². The highest BCUT2D eigenvalue weighted by molar-refractivity contribution is 8.14. The SMILES string of the molecule is CC1CCCC2(CSC(=NC3(C)CCOCC3)N2)C1. The first-order valence-electron chi connectivity index (χ1n) is 7.68. The number of thioether (sulfide) groups is 1. The summed E-state index contributed by atoms with van der Waals surface area (Å²) in [7, 11) is 0. The van der Waals surface area contributed by atoms with Crippen LogP contribution in [0.1, 0.15) is 52.4 Å². The molecule has 0 aromatic carbocycles. The largest absolute Gasteiger partial charge is 0.381 e. The molecule has 3 nitrogen and oxygen atoms in total. The van der Waals surface area contributed by atoms with Crippen LogP contribution in [0.3, 0.4) is 0 Å². The van der Waals surface area contributed by atoms with Gasteiger partial charge in [-0.25, -0.2) is 0 Å². The van der Waals surface area contributed by atoms with Crippen molar-refractivity contribution in [2.24, 2.45) is 10.9 Å². The predicted octanol–water partition coefficient (Wildman–Crippen LogP) is 3.20. The van der Waals surface area contributed by atoms with E-state index in [9.17, 15) is 0 Å². The smallest absolute Gasteiger partial charge is 0.157 e. The van der Waals surface area contributed by atoms with E-state index in [4.69, 9.17) is 9.73 Å². The third-order valence-electron chi connectivity index (χ3n) is 4.89. The molecule has 1 saturated carbocycles. The topological polar surface area (TPSA) is 33.6 Å². The molecule has 2 saturated heterocycles. The van der Waals surface area contributed by atoms with Crippen molar-refractivity contribution in [3.63, 3.8) is 0 Å². The molecule has 2 unspecified atom stereocenters. The van der Waals surface area contributed by atoms with Crippen molar-refractivity contribution in [1.82, 2.24) is 5.32 Å². The first kappa shape index (κ1) is 13.7. The third kappa shape index (κ3) is 3.10. The van der Waals surface area contributed by atoms with Gasteiger partial charge in [0.05, 0.1) is 5.54 Å². The standard InChI is InChI=1S/C15H26N2OS/c1-12-4-3-5-15(10-12)11-19-13(17-15)16-14(2)6-8-18-9-7-14/h12H,3-11H2,1-2H3,(H,16,17). The second-order valence-electron chi connectivity index (χ2n) is 6.92. The highest BCUT2D eigenvalue weighted by Crippen LogP contribution is 2.39. The fraction of sp³-hybridized carbons (Fsp3) is 0.933. The first-order chi connectivity index (χ1) is 9.09. The summed E-state index contributed by atoms with van der Waals surface area (Å²) in [6.07, 6.45) is 7.52. The average Bonchev–Trinajstić information content (AvgIpc) is 2.71. The van der Waals surface area contributed by atoms with Crippen LogP contribution in [-0.2, 0) is 4.74 Å². The normalized spacial score (nSPS) is 40.5. The first-order valence-corrected chi connectivity index (χ1v) is 8.66. The molecule has 2 atom stereocenters. The van der Waals surface area contributed by atoms with Crippen LogP contribution in [0.4, 0.5) is 0 Å². The summed E-state index contributed by atoms with van der Waals surface area (Å²) in [4.78, 5) is 5.03. The third-order valence-corrected chi connectivity index (χ3v) is 6.05. The molecule has 1 spiro atoms. The highest BCUT2D eigenvalue weighted by atomic mass is 32.2. The van der Waals surface area contributed by atoms with Crippen LogP contribution in [0.25, 0.3) is 0 Å². The van der Waals surface area contributed by atoms with Gasteiger partial charge in [0.15, 0.2) is 5.17 Å². The van der Waals surface area contributed by atoms with Crippen molar-refractivity contribution < 1.29 is 4.74 Å². The maximum Gasteiger partial charge on any atom is 0.157 e. The minimum atomic E-state index is 0.0966. The van der Waals surface area contributed by atoms with Crippen molar-refractivity contribution >= 4 is 16.9 Å². The van der Waals surface area contributed by atoms with Gasteiger partial charge in [-0.05, 0) is 38.5 Å². The van der Waals surface area contributed by atoms with Crippen LogP contribution in [0.2, 0.25) is 0 Å². The maximum atomic E-state index is 5.46. The number of hydrogen-bond donors (Lipinski definition) is 1. The molecule has 19 heavy (non-hydrogen) atoms. The lowest BCUT2D eigenvalue weighted by molar-refractivity contribution is 0.0602. The Morgan fingerprint density at radius 1 is 1.32 bits per heavy atom. The fourth-order valence-electron chi connectivity index (χ4n) is 3.64. The predicted molar refractivity (Wildman–Crippen MR) is 81.8 cm³/mol. The van der Waals surface area contributed by atoms with E-state index in [1.54, 1.807) is 0 Å². The quantitative estimate of drug-likeness (QED) is 0.802. The van der Waals surface area contributed by atoms with E-state index < -0.39 is 0 Å². The minimum absolute atomic E-state index is 0.0966. The van der Waals surface area contributed by atoms with Gasteiger partial charge in [0.25, 0.3) is 0 Å². The van der Waals surface area contributed by atoms with Gasteiger partial charge in [-0.2, -0.15) is 0 Å². The lowest BCUT2D eigenvalue weighted by Gasteiger charge is -2.36. The molecule has 0 amide bonds. The molecule has 3 rings (SSSR count). The Morgan fingerprint density at radius 2 is 2.11 bits per heavy atom. The molecule has 3 fully saturated rings. The van der Waals surface area contributed by atoms with Gasteiger partial charge >= 0.3 is 0 Å². The van der Waals surface area contributed by atoms with Crippen LogP contribution in [0.5, 0.6) is 0 Å². The molecule has 3 aliphatic rings. The molecule has 0 aromatic rings. The van der Waals surface area contributed by atoms with Gasteiger partial charge in [0, 0.05) is 24.5 Å². The summed E-state index contributed by atoms with van der Waals surface area (Å²) in [6.45, 7) is 6.39. The van der Waals surface area contributed by atoms with Crippen molar-refractivity contribution in [3.8, 4) is 0 Å². The van der Waals surface area contributed by atoms with E-state index in [0.29, 0.717) is 5.54 Å². The molecule has 2 aliphatic heterocycles. The number of rotatable bonds is 1. The molecule has 1 N–H and O–H groups in total. The second kappa shape index (κ2) is 5.28. The zero-order valence-electron chi connectivity index (χ0n) is 12.2. The number of nitrogens with one attached hydrogen (secondary N) is 1. The molecule has 0 radical (unpaired) electrons. The van der Waals surface area contributed by atoms with Crippen LogP contribution >= 0.6 is 11.8 Å². The lowest BCUT2D eigenvalue weighted by atomic mass is 9.78. The van der Waals surface area contributed by atoms with E-state index in [1.165, 1.54) is 36.6 Å². The summed E-state index contributed by atoms with van der Waals surface area (Å²) in [5, 5.41) is 4.97. The van der Waals surface area contributed by atoms with Crippen LogP contribution < -0.4 is 5.32 Å². The number of aliphatic imine (C=N–C) groups is 1. The Hall–Kier alpha value is -0.220. The Kier molecular flexibility index (Phi) is 3.82. The molecule has 0 bridgehead atoms. The fourth-order valence-corrected chi connectivity index (χ4v) is 4.96. The summed E-state index contributed by atoms with van der Waals surface area (Å²) < 4.78 is 5.46. The maximum absolute atomic E-state index is 5.46. The lowest BCUT2D eigenvalue weighted by Crippen LogP contribution is -2.47. The van der Waals surface area contributed by atoms with Gasteiger partial charge in [0.1, 0.15) is 0 Å². The van der Waals surface area contributed by atoms with Crippen LogP contribution in [-0.4, -0.2) is 35.2 Å².